The Morgan fingerprint density at radius 3 is 2.53 bits per heavy atom. The second-order valence-corrected chi connectivity index (χ2v) is 5.26. The number of rotatable bonds is 5. The van der Waals surface area contributed by atoms with Gasteiger partial charge in [0.1, 0.15) is 11.6 Å². The van der Waals surface area contributed by atoms with Crippen LogP contribution in [-0.2, 0) is 0 Å². The molecule has 0 aliphatic heterocycles. The molecule has 0 aliphatic carbocycles. The van der Waals surface area contributed by atoms with Crippen LogP contribution in [0.1, 0.15) is 10.8 Å². The minimum atomic E-state index is -0.222. The van der Waals surface area contributed by atoms with Crippen LogP contribution in [0, 0.1) is 5.82 Å². The molecule has 2 N–H and O–H groups in total. The Morgan fingerprint density at radius 2 is 1.84 bits per heavy atom. The van der Waals surface area contributed by atoms with Crippen molar-refractivity contribution in [1.82, 2.24) is 0 Å². The predicted octanol–water partition coefficient (Wildman–Crippen LogP) is 3.63. The molecule has 0 radical (unpaired) electrons. The van der Waals surface area contributed by atoms with Gasteiger partial charge < -0.3 is 10.5 Å². The lowest BCUT2D eigenvalue weighted by molar-refractivity contribution is 0.404. The highest BCUT2D eigenvalue weighted by Gasteiger charge is 2.17. The van der Waals surface area contributed by atoms with Crippen molar-refractivity contribution in [2.45, 2.75) is 10.1 Å². The van der Waals surface area contributed by atoms with Crippen molar-refractivity contribution in [3.05, 3.63) is 59.9 Å². The van der Waals surface area contributed by atoms with Gasteiger partial charge in [-0.3, -0.25) is 0 Å². The molecule has 2 aromatic carbocycles. The molecular formula is C15H16FNOS. The third kappa shape index (κ3) is 3.28. The summed E-state index contributed by atoms with van der Waals surface area (Å²) < 4.78 is 19.1. The fourth-order valence-electron chi connectivity index (χ4n) is 1.84. The molecule has 0 bridgehead atoms. The number of nitrogens with two attached hydrogens (primary N) is 1. The molecule has 2 nitrogen and oxygen atoms in total. The van der Waals surface area contributed by atoms with Crippen LogP contribution in [0.25, 0.3) is 0 Å². The number of para-hydroxylation sites is 1. The van der Waals surface area contributed by atoms with Gasteiger partial charge >= 0.3 is 0 Å². The van der Waals surface area contributed by atoms with Gasteiger partial charge in [0.05, 0.1) is 7.11 Å². The van der Waals surface area contributed by atoms with Crippen LogP contribution < -0.4 is 10.5 Å². The first-order chi connectivity index (χ1) is 9.26. The summed E-state index contributed by atoms with van der Waals surface area (Å²) in [4.78, 5) is 0.962. The van der Waals surface area contributed by atoms with Crippen LogP contribution in [0.15, 0.2) is 53.4 Å². The summed E-state index contributed by atoms with van der Waals surface area (Å²) in [5.41, 5.74) is 6.41. The highest BCUT2D eigenvalue weighted by molar-refractivity contribution is 7.99. The molecule has 0 fully saturated rings. The Labute approximate surface area is 116 Å². The molecule has 4 heteroatoms. The van der Waals surface area contributed by atoms with Gasteiger partial charge in [0.25, 0.3) is 0 Å². The topological polar surface area (TPSA) is 35.2 Å². The summed E-state index contributed by atoms with van der Waals surface area (Å²) in [6.45, 7) is 0.365. The van der Waals surface area contributed by atoms with Crippen molar-refractivity contribution in [2.75, 3.05) is 13.7 Å². The number of thioether (sulfide) groups is 1. The Morgan fingerprint density at radius 1 is 1.16 bits per heavy atom. The van der Waals surface area contributed by atoms with Crippen LogP contribution in [-0.4, -0.2) is 13.7 Å². The maximum Gasteiger partial charge on any atom is 0.132 e. The molecule has 1 unspecified atom stereocenters. The van der Waals surface area contributed by atoms with Crippen molar-refractivity contribution >= 4 is 11.8 Å². The second-order valence-electron chi connectivity index (χ2n) is 4.01. The van der Waals surface area contributed by atoms with Gasteiger partial charge in [0, 0.05) is 22.3 Å². The van der Waals surface area contributed by atoms with E-state index in [0.29, 0.717) is 12.1 Å². The molecule has 0 aromatic heterocycles. The van der Waals surface area contributed by atoms with E-state index in [-0.39, 0.29) is 11.1 Å². The van der Waals surface area contributed by atoms with E-state index in [0.717, 1.165) is 10.6 Å². The average molecular weight is 277 g/mol. The van der Waals surface area contributed by atoms with Crippen molar-refractivity contribution in [2.24, 2.45) is 5.73 Å². The van der Waals surface area contributed by atoms with E-state index in [4.69, 9.17) is 10.5 Å². The Balaban J connectivity index is 2.27. The molecule has 0 spiro atoms. The second kappa shape index (κ2) is 6.59. The summed E-state index contributed by atoms with van der Waals surface area (Å²) in [6, 6.07) is 14.4. The van der Waals surface area contributed by atoms with Gasteiger partial charge in [-0.1, -0.05) is 30.3 Å². The fraction of sp³-hybridized carbons (Fsp3) is 0.200. The molecule has 19 heavy (non-hydrogen) atoms. The van der Waals surface area contributed by atoms with E-state index in [1.165, 1.54) is 17.8 Å². The minimum absolute atomic E-state index is 0.127. The quantitative estimate of drug-likeness (QED) is 0.848. The molecule has 2 aromatic rings. The monoisotopic (exact) mass is 277 g/mol. The zero-order valence-corrected chi connectivity index (χ0v) is 11.5. The van der Waals surface area contributed by atoms with Crippen LogP contribution >= 0.6 is 11.8 Å². The summed E-state index contributed by atoms with van der Waals surface area (Å²) in [7, 11) is 1.62. The number of halogens is 1. The van der Waals surface area contributed by atoms with Crippen LogP contribution in [0.5, 0.6) is 5.75 Å². The standard InChI is InChI=1S/C15H16FNOS/c1-18-13-8-4-5-9-14(13)19-15(10-17)11-6-2-3-7-12(11)16/h2-9,15H,10,17H2,1H3. The Hall–Kier alpha value is -1.52. The lowest BCUT2D eigenvalue weighted by atomic mass is 10.1. The number of hydrogen-bond acceptors (Lipinski definition) is 3. The van der Waals surface area contributed by atoms with E-state index < -0.39 is 0 Å². The van der Waals surface area contributed by atoms with E-state index in [2.05, 4.69) is 0 Å². The molecule has 0 amide bonds. The van der Waals surface area contributed by atoms with Crippen molar-refractivity contribution in [1.29, 1.82) is 0 Å². The maximum absolute atomic E-state index is 13.8. The Kier molecular flexibility index (Phi) is 4.82. The lowest BCUT2D eigenvalue weighted by Gasteiger charge is -2.17. The normalized spacial score (nSPS) is 12.2. The third-order valence-electron chi connectivity index (χ3n) is 2.80. The van der Waals surface area contributed by atoms with Crippen LogP contribution in [0.4, 0.5) is 4.39 Å². The summed E-state index contributed by atoms with van der Waals surface area (Å²) >= 11 is 1.52. The largest absolute Gasteiger partial charge is 0.496 e. The smallest absolute Gasteiger partial charge is 0.132 e. The number of benzene rings is 2. The SMILES string of the molecule is COc1ccccc1SC(CN)c1ccccc1F. The number of methoxy groups -OCH3 is 1. The average Bonchev–Trinajstić information content (AvgIpc) is 2.46. The van der Waals surface area contributed by atoms with Gasteiger partial charge in [0.15, 0.2) is 0 Å². The fourth-order valence-corrected chi connectivity index (χ4v) is 2.99. The van der Waals surface area contributed by atoms with Gasteiger partial charge in [0.2, 0.25) is 0 Å². The molecule has 2 rings (SSSR count). The maximum atomic E-state index is 13.8. The van der Waals surface area contributed by atoms with Gasteiger partial charge in [-0.05, 0) is 18.2 Å². The van der Waals surface area contributed by atoms with E-state index in [1.54, 1.807) is 19.2 Å². The Bertz CT molecular complexity index is 547. The summed E-state index contributed by atoms with van der Waals surface area (Å²) in [5.74, 6) is 0.558. The van der Waals surface area contributed by atoms with E-state index in [1.807, 2.05) is 30.3 Å². The van der Waals surface area contributed by atoms with Crippen molar-refractivity contribution in [3.63, 3.8) is 0 Å². The van der Waals surface area contributed by atoms with Gasteiger partial charge in [-0.25, -0.2) is 4.39 Å². The highest BCUT2D eigenvalue weighted by atomic mass is 32.2. The van der Waals surface area contributed by atoms with Gasteiger partial charge in [-0.2, -0.15) is 0 Å². The van der Waals surface area contributed by atoms with Gasteiger partial charge in [-0.15, -0.1) is 11.8 Å². The summed E-state index contributed by atoms with van der Waals surface area (Å²) in [6.07, 6.45) is 0. The molecule has 0 aliphatic rings. The minimum Gasteiger partial charge on any atom is -0.496 e. The van der Waals surface area contributed by atoms with E-state index in [9.17, 15) is 4.39 Å². The predicted molar refractivity (Wildman–Crippen MR) is 77.0 cm³/mol. The van der Waals surface area contributed by atoms with E-state index >= 15 is 0 Å². The number of hydrogen-bond donors (Lipinski definition) is 1. The first-order valence-corrected chi connectivity index (χ1v) is 6.88. The zero-order valence-electron chi connectivity index (χ0n) is 10.7. The third-order valence-corrected chi connectivity index (χ3v) is 4.13. The van der Waals surface area contributed by atoms with Crippen LogP contribution in [0.3, 0.4) is 0 Å². The molecule has 0 heterocycles. The molecule has 1 atom stereocenters. The molecule has 0 saturated carbocycles. The van der Waals surface area contributed by atoms with Crippen LogP contribution in [0.2, 0.25) is 0 Å². The molecular weight excluding hydrogens is 261 g/mol. The zero-order chi connectivity index (χ0) is 13.7. The highest BCUT2D eigenvalue weighted by Crippen LogP contribution is 2.39. The van der Waals surface area contributed by atoms with Crippen molar-refractivity contribution in [3.8, 4) is 5.75 Å². The lowest BCUT2D eigenvalue weighted by Crippen LogP contribution is -2.11. The summed E-state index contributed by atoms with van der Waals surface area (Å²) in [5, 5.41) is -0.127. The first-order valence-electron chi connectivity index (χ1n) is 6.00. The molecule has 100 valence electrons. The van der Waals surface area contributed by atoms with Crippen molar-refractivity contribution < 1.29 is 9.13 Å². The molecule has 0 saturated heterocycles. The first kappa shape index (κ1) is 13.9. The number of ether oxygens (including phenoxy) is 1.